The number of nitrogens with one attached hydrogen (secondary N) is 1. The maximum atomic E-state index is 4.39. The van der Waals surface area contributed by atoms with Gasteiger partial charge in [0, 0.05) is 17.9 Å². The molecule has 1 heterocycles. The van der Waals surface area contributed by atoms with Gasteiger partial charge in [0.15, 0.2) is 0 Å². The zero-order valence-electron chi connectivity index (χ0n) is 16.3. The molecule has 0 bridgehead atoms. The highest BCUT2D eigenvalue weighted by Gasteiger charge is 2.09. The van der Waals surface area contributed by atoms with Gasteiger partial charge in [-0.05, 0) is 69.0 Å². The van der Waals surface area contributed by atoms with Gasteiger partial charge in [-0.2, -0.15) is 0 Å². The first-order chi connectivity index (χ1) is 11.5. The smallest absolute Gasteiger partial charge is 0.0406 e. The number of likely N-dealkylation sites (N-methyl/N-ethyl adjacent to an activating group) is 1. The summed E-state index contributed by atoms with van der Waals surface area (Å²) in [6.45, 7) is 11.0. The molecule has 0 spiro atoms. The molecule has 0 fully saturated rings. The lowest BCUT2D eigenvalue weighted by Gasteiger charge is -2.17. The molecule has 0 saturated carbocycles. The average Bonchev–Trinajstić information content (AvgIpc) is 2.62. The molecule has 0 aliphatic heterocycles. The molecule has 0 unspecified atom stereocenters. The van der Waals surface area contributed by atoms with Crippen LogP contribution in [0, 0.1) is 0 Å². The first kappa shape index (κ1) is 20.4. The van der Waals surface area contributed by atoms with E-state index in [2.05, 4.69) is 82.3 Å². The summed E-state index contributed by atoms with van der Waals surface area (Å²) >= 11 is 0. The standard InChI is InChI=1S/C22H34N2/c1-7-10-22(23-6)20(15-17(4)8-2)12-11-18(5)19-13-14-24-21(9-3)16-19/h11-16,22-23H,7-10H2,1-6H3/b17-15+,18-11+,20-12+/t22-/m1/s1. The summed E-state index contributed by atoms with van der Waals surface area (Å²) in [5.74, 6) is 0. The van der Waals surface area contributed by atoms with Crippen LogP contribution in [0.15, 0.2) is 47.7 Å². The Morgan fingerprint density at radius 3 is 2.54 bits per heavy atom. The summed E-state index contributed by atoms with van der Waals surface area (Å²) in [6, 6.07) is 4.69. The van der Waals surface area contributed by atoms with Crippen molar-refractivity contribution in [3.8, 4) is 0 Å². The Morgan fingerprint density at radius 2 is 1.96 bits per heavy atom. The van der Waals surface area contributed by atoms with Crippen LogP contribution in [0.5, 0.6) is 0 Å². The monoisotopic (exact) mass is 326 g/mol. The summed E-state index contributed by atoms with van der Waals surface area (Å²) in [7, 11) is 2.05. The number of nitrogens with zero attached hydrogens (tertiary/aromatic N) is 1. The number of hydrogen-bond donors (Lipinski definition) is 1. The molecule has 2 nitrogen and oxygen atoms in total. The van der Waals surface area contributed by atoms with Gasteiger partial charge in [-0.3, -0.25) is 4.98 Å². The van der Waals surface area contributed by atoms with Crippen molar-refractivity contribution >= 4 is 5.57 Å². The van der Waals surface area contributed by atoms with E-state index in [-0.39, 0.29) is 0 Å². The van der Waals surface area contributed by atoms with Gasteiger partial charge < -0.3 is 5.32 Å². The summed E-state index contributed by atoms with van der Waals surface area (Å²) in [5.41, 5.74) is 6.46. The molecule has 1 atom stereocenters. The van der Waals surface area contributed by atoms with Gasteiger partial charge >= 0.3 is 0 Å². The molecule has 24 heavy (non-hydrogen) atoms. The largest absolute Gasteiger partial charge is 0.313 e. The van der Waals surface area contributed by atoms with Crippen molar-refractivity contribution in [3.05, 3.63) is 59.0 Å². The molecule has 0 amide bonds. The highest BCUT2D eigenvalue weighted by Crippen LogP contribution is 2.18. The van der Waals surface area contributed by atoms with Crippen LogP contribution >= 0.6 is 0 Å². The van der Waals surface area contributed by atoms with Crippen molar-refractivity contribution in [1.82, 2.24) is 10.3 Å². The molecule has 0 saturated heterocycles. The highest BCUT2D eigenvalue weighted by molar-refractivity contribution is 5.65. The summed E-state index contributed by atoms with van der Waals surface area (Å²) < 4.78 is 0. The fourth-order valence-electron chi connectivity index (χ4n) is 2.65. The van der Waals surface area contributed by atoms with Gasteiger partial charge in [0.1, 0.15) is 0 Å². The summed E-state index contributed by atoms with van der Waals surface area (Å²) in [6.07, 6.45) is 13.1. The first-order valence-corrected chi connectivity index (χ1v) is 9.23. The highest BCUT2D eigenvalue weighted by atomic mass is 14.9. The van der Waals surface area contributed by atoms with Crippen molar-refractivity contribution < 1.29 is 0 Å². The third kappa shape index (κ3) is 6.45. The van der Waals surface area contributed by atoms with Crippen molar-refractivity contribution in [1.29, 1.82) is 0 Å². The van der Waals surface area contributed by atoms with E-state index in [4.69, 9.17) is 0 Å². The van der Waals surface area contributed by atoms with Crippen LogP contribution in [-0.4, -0.2) is 18.1 Å². The van der Waals surface area contributed by atoms with Crippen LogP contribution in [0.4, 0.5) is 0 Å². The number of rotatable bonds is 9. The molecule has 0 aromatic carbocycles. The van der Waals surface area contributed by atoms with Crippen LogP contribution < -0.4 is 5.32 Å². The van der Waals surface area contributed by atoms with Crippen LogP contribution in [0.25, 0.3) is 5.57 Å². The molecule has 1 aromatic heterocycles. The number of aryl methyl sites for hydroxylation is 1. The van der Waals surface area contributed by atoms with Gasteiger partial charge in [0.25, 0.3) is 0 Å². The predicted octanol–water partition coefficient (Wildman–Crippen LogP) is 5.72. The second-order valence-corrected chi connectivity index (χ2v) is 6.38. The van der Waals surface area contributed by atoms with E-state index in [9.17, 15) is 0 Å². The van der Waals surface area contributed by atoms with Crippen molar-refractivity contribution in [2.45, 2.75) is 66.3 Å². The van der Waals surface area contributed by atoms with Crippen LogP contribution in [0.3, 0.4) is 0 Å². The van der Waals surface area contributed by atoms with E-state index >= 15 is 0 Å². The molecular formula is C22H34N2. The minimum Gasteiger partial charge on any atom is -0.313 e. The van der Waals surface area contributed by atoms with Crippen LogP contribution in [-0.2, 0) is 6.42 Å². The third-order valence-electron chi connectivity index (χ3n) is 4.46. The van der Waals surface area contributed by atoms with E-state index in [1.807, 2.05) is 6.20 Å². The average molecular weight is 327 g/mol. The van der Waals surface area contributed by atoms with Gasteiger partial charge in [-0.15, -0.1) is 0 Å². The van der Waals surface area contributed by atoms with E-state index < -0.39 is 0 Å². The van der Waals surface area contributed by atoms with E-state index in [1.54, 1.807) is 0 Å². The molecule has 0 radical (unpaired) electrons. The van der Waals surface area contributed by atoms with Crippen molar-refractivity contribution in [2.75, 3.05) is 7.05 Å². The first-order valence-electron chi connectivity index (χ1n) is 9.23. The Morgan fingerprint density at radius 1 is 1.21 bits per heavy atom. The summed E-state index contributed by atoms with van der Waals surface area (Å²) in [5, 5.41) is 3.46. The molecule has 132 valence electrons. The topological polar surface area (TPSA) is 24.9 Å². The normalized spacial score (nSPS) is 14.8. The van der Waals surface area contributed by atoms with Crippen LogP contribution in [0.2, 0.25) is 0 Å². The lowest BCUT2D eigenvalue weighted by Crippen LogP contribution is -2.26. The van der Waals surface area contributed by atoms with Gasteiger partial charge in [0.05, 0.1) is 0 Å². The Balaban J connectivity index is 3.15. The predicted molar refractivity (Wildman–Crippen MR) is 107 cm³/mol. The molecule has 2 heteroatoms. The minimum absolute atomic E-state index is 0.407. The second kappa shape index (κ2) is 11.0. The summed E-state index contributed by atoms with van der Waals surface area (Å²) in [4.78, 5) is 4.39. The van der Waals surface area contributed by atoms with E-state index in [0.717, 1.165) is 25.0 Å². The maximum Gasteiger partial charge on any atom is 0.0406 e. The van der Waals surface area contributed by atoms with Gasteiger partial charge in [-0.1, -0.05) is 51.0 Å². The van der Waals surface area contributed by atoms with Gasteiger partial charge in [-0.25, -0.2) is 0 Å². The Kier molecular flexibility index (Phi) is 9.33. The fraction of sp³-hybridized carbons (Fsp3) is 0.500. The lowest BCUT2D eigenvalue weighted by molar-refractivity contribution is 0.586. The Labute approximate surface area is 148 Å². The zero-order valence-corrected chi connectivity index (χ0v) is 16.3. The van der Waals surface area contributed by atoms with Gasteiger partial charge in [0.2, 0.25) is 0 Å². The molecular weight excluding hydrogens is 292 g/mol. The zero-order chi connectivity index (χ0) is 17.9. The van der Waals surface area contributed by atoms with Crippen molar-refractivity contribution in [3.63, 3.8) is 0 Å². The maximum absolute atomic E-state index is 4.39. The third-order valence-corrected chi connectivity index (χ3v) is 4.46. The van der Waals surface area contributed by atoms with Crippen molar-refractivity contribution in [2.24, 2.45) is 0 Å². The quantitative estimate of drug-likeness (QED) is 0.587. The van der Waals surface area contributed by atoms with Crippen LogP contribution in [0.1, 0.15) is 65.1 Å². The molecule has 1 N–H and O–H groups in total. The SMILES string of the molecule is CCC[C@@H](NC)C(/C=C(\C)CC)=C/C=C(\C)c1ccnc(CC)c1. The minimum atomic E-state index is 0.407. The lowest BCUT2D eigenvalue weighted by atomic mass is 9.98. The Hall–Kier alpha value is -1.67. The fourth-order valence-corrected chi connectivity index (χ4v) is 2.65. The Bertz CT molecular complexity index is 594. The van der Waals surface area contributed by atoms with E-state index in [1.165, 1.54) is 28.7 Å². The second-order valence-electron chi connectivity index (χ2n) is 6.38. The van der Waals surface area contributed by atoms with E-state index in [0.29, 0.717) is 6.04 Å². The number of aromatic nitrogens is 1. The number of allylic oxidation sites excluding steroid dienone is 4. The molecule has 1 aromatic rings. The number of pyridine rings is 1. The number of hydrogen-bond acceptors (Lipinski definition) is 2. The molecule has 1 rings (SSSR count). The molecule has 0 aliphatic carbocycles. The molecule has 0 aliphatic rings.